The number of rotatable bonds is 29. The number of carbonyl (C=O) groups excluding carboxylic acids is 4. The van der Waals surface area contributed by atoms with Crippen molar-refractivity contribution in [2.75, 3.05) is 26.2 Å². The number of nitrogens with two attached hydrogens (primary N) is 2. The number of benzene rings is 8. The van der Waals surface area contributed by atoms with Gasteiger partial charge in [0.05, 0.1) is 32.0 Å². The van der Waals surface area contributed by atoms with Gasteiger partial charge in [0.25, 0.3) is 11.8 Å². The lowest BCUT2D eigenvalue weighted by molar-refractivity contribution is -0.126. The Labute approximate surface area is 509 Å². The number of unbranched alkanes of at least 4 members (excludes halogenated alkanes) is 3. The Morgan fingerprint density at radius 1 is 0.409 bits per heavy atom. The van der Waals surface area contributed by atoms with E-state index in [1.54, 1.807) is 97.1 Å². The van der Waals surface area contributed by atoms with Gasteiger partial charge in [0.1, 0.15) is 35.1 Å². The van der Waals surface area contributed by atoms with Crippen molar-refractivity contribution in [3.8, 4) is 23.0 Å². The van der Waals surface area contributed by atoms with E-state index in [0.29, 0.717) is 70.9 Å². The lowest BCUT2D eigenvalue weighted by Crippen LogP contribution is -2.45. The number of aromatic carboxylic acids is 2. The van der Waals surface area contributed by atoms with Crippen LogP contribution in [0.2, 0.25) is 0 Å². The molecular formula is C66H64N6O14S2. The Morgan fingerprint density at radius 2 is 0.739 bits per heavy atom. The van der Waals surface area contributed by atoms with Gasteiger partial charge in [-0.05, 0) is 145 Å². The maximum atomic E-state index is 14.9. The van der Waals surface area contributed by atoms with Gasteiger partial charge in [-0.3, -0.25) is 19.2 Å². The van der Waals surface area contributed by atoms with Crippen LogP contribution in [0.3, 0.4) is 0 Å². The molecule has 4 amide bonds. The van der Waals surface area contributed by atoms with Crippen molar-refractivity contribution < 1.29 is 65.3 Å². The summed E-state index contributed by atoms with van der Waals surface area (Å²) < 4.78 is 60.6. The fourth-order valence-electron chi connectivity index (χ4n) is 9.82. The molecule has 2 atom stereocenters. The number of amides is 4. The van der Waals surface area contributed by atoms with E-state index in [0.717, 1.165) is 0 Å². The molecule has 8 N–H and O–H groups in total. The molecule has 0 radical (unpaired) electrons. The second kappa shape index (κ2) is 29.9. The van der Waals surface area contributed by atoms with Gasteiger partial charge in [0, 0.05) is 26.2 Å². The lowest BCUT2D eigenvalue weighted by atomic mass is 9.99. The van der Waals surface area contributed by atoms with Gasteiger partial charge in [0.2, 0.25) is 31.9 Å². The highest BCUT2D eigenvalue weighted by Gasteiger charge is 2.36. The normalized spacial score (nSPS) is 12.0. The first-order valence-electron chi connectivity index (χ1n) is 28.0. The Hall–Kier alpha value is -10.0. The third-order valence-electron chi connectivity index (χ3n) is 14.2. The molecule has 0 fully saturated rings. The standard InChI is InChI=1S/C66H64N6O14S2/c67-87(81,82)53-33-29-45(30-34-53)37-41-71(63(75)55-25-9-11-27-57(55)65(77)78)59(47-17-15-23-51(43-47)85-49-19-5-3-6-20-49)61(73)69-39-13-1-2-14-40-70-62(74)60(48-18-16-24-52(44-48)86-50-21-7-4-8-22-50)72(64(76)56-26-10-12-28-58(56)66(79)80)42-38-46-31-35-54(36-32-46)88(68,83)84/h3-12,15-36,43-44,59-60H,1-2,13-14,37-42H2,(H,69,73)(H,70,74)(H,77,78)(H,79,80)(H2,67,81,82)(H2,68,83,84). The van der Waals surface area contributed by atoms with E-state index in [1.165, 1.54) is 107 Å². The number of primary sulfonamides is 2. The average molecular weight is 1230 g/mol. The summed E-state index contributed by atoms with van der Waals surface area (Å²) in [7, 11) is -8.04. The highest BCUT2D eigenvalue weighted by atomic mass is 32.2. The predicted octanol–water partition coefficient (Wildman–Crippen LogP) is 9.31. The SMILES string of the molecule is NS(=O)(=O)c1ccc(CCN(C(=O)c2ccccc2C(=O)O)C(C(=O)NCCCCCCNC(=O)C(c2cccc(Oc3ccccc3)c2)N(CCc2ccc(S(N)(=O)=O)cc2)C(=O)c2ccccc2C(=O)O)c2cccc(Oc3ccccc3)c2)cc1. The number of sulfonamides is 2. The number of hydrogen-bond donors (Lipinski definition) is 6. The van der Waals surface area contributed by atoms with Crippen LogP contribution in [-0.2, 0) is 42.5 Å². The molecular weight excluding hydrogens is 1160 g/mol. The minimum Gasteiger partial charge on any atom is -0.478 e. The van der Waals surface area contributed by atoms with Gasteiger partial charge in [0.15, 0.2) is 0 Å². The van der Waals surface area contributed by atoms with Crippen molar-refractivity contribution in [1.29, 1.82) is 0 Å². The van der Waals surface area contributed by atoms with Crippen LogP contribution in [0.4, 0.5) is 0 Å². The molecule has 8 rings (SSSR count). The third-order valence-corrected chi connectivity index (χ3v) is 16.1. The monoisotopic (exact) mass is 1230 g/mol. The number of carboxylic acids is 2. The molecule has 0 aliphatic rings. The van der Waals surface area contributed by atoms with Crippen molar-refractivity contribution >= 4 is 55.6 Å². The molecule has 0 heterocycles. The second-order valence-electron chi connectivity index (χ2n) is 20.4. The van der Waals surface area contributed by atoms with Gasteiger partial charge in [-0.1, -0.05) is 122 Å². The van der Waals surface area contributed by atoms with Crippen LogP contribution in [0.1, 0.15) is 101 Å². The molecule has 454 valence electrons. The van der Waals surface area contributed by atoms with Crippen molar-refractivity contribution in [2.45, 2.75) is 60.4 Å². The van der Waals surface area contributed by atoms with E-state index in [-0.39, 0.29) is 71.1 Å². The first kappa shape index (κ1) is 64.0. The van der Waals surface area contributed by atoms with Gasteiger partial charge in [-0.2, -0.15) is 0 Å². The third kappa shape index (κ3) is 17.3. The van der Waals surface area contributed by atoms with E-state index in [1.807, 2.05) is 12.1 Å². The Kier molecular flexibility index (Phi) is 21.7. The number of hydrogen-bond acceptors (Lipinski definition) is 12. The van der Waals surface area contributed by atoms with Gasteiger partial charge < -0.3 is 40.1 Å². The first-order valence-corrected chi connectivity index (χ1v) is 31.1. The smallest absolute Gasteiger partial charge is 0.336 e. The van der Waals surface area contributed by atoms with Crippen LogP contribution in [0.15, 0.2) is 216 Å². The van der Waals surface area contributed by atoms with Gasteiger partial charge >= 0.3 is 11.9 Å². The molecule has 20 nitrogen and oxygen atoms in total. The zero-order chi connectivity index (χ0) is 62.8. The molecule has 88 heavy (non-hydrogen) atoms. The number of ether oxygens (including phenoxy) is 2. The average Bonchev–Trinajstić information content (AvgIpc) is 3.07. The van der Waals surface area contributed by atoms with Crippen LogP contribution >= 0.6 is 0 Å². The maximum Gasteiger partial charge on any atom is 0.336 e. The Morgan fingerprint density at radius 3 is 1.08 bits per heavy atom. The van der Waals surface area contributed by atoms with Gasteiger partial charge in [-0.25, -0.2) is 36.7 Å². The zero-order valence-electron chi connectivity index (χ0n) is 47.5. The van der Waals surface area contributed by atoms with E-state index in [9.17, 15) is 55.8 Å². The van der Waals surface area contributed by atoms with Crippen LogP contribution in [-0.4, -0.2) is 98.6 Å². The minimum atomic E-state index is -4.02. The first-order chi connectivity index (χ1) is 42.2. The zero-order valence-corrected chi connectivity index (χ0v) is 49.1. The number of nitrogens with zero attached hydrogens (tertiary/aromatic N) is 2. The molecule has 8 aromatic carbocycles. The van der Waals surface area contributed by atoms with Crippen molar-refractivity contribution in [3.05, 3.63) is 251 Å². The molecule has 0 saturated carbocycles. The number of carbonyl (C=O) groups is 6. The summed E-state index contributed by atoms with van der Waals surface area (Å²) in [5.41, 5.74) is 0.941. The summed E-state index contributed by atoms with van der Waals surface area (Å²) in [5.74, 6) is -3.72. The topological polar surface area (TPSA) is 312 Å². The summed E-state index contributed by atoms with van der Waals surface area (Å²) in [6, 6.07) is 51.1. The fraction of sp³-hybridized carbons (Fsp3) is 0.182. The molecule has 0 aliphatic heterocycles. The van der Waals surface area contributed by atoms with E-state index in [4.69, 9.17) is 19.8 Å². The molecule has 0 saturated heterocycles. The molecule has 22 heteroatoms. The summed E-state index contributed by atoms with van der Waals surface area (Å²) >= 11 is 0. The van der Waals surface area contributed by atoms with E-state index < -0.39 is 67.7 Å². The second-order valence-corrected chi connectivity index (χ2v) is 23.5. The van der Waals surface area contributed by atoms with Crippen molar-refractivity contribution in [3.63, 3.8) is 0 Å². The van der Waals surface area contributed by atoms with E-state index >= 15 is 0 Å². The van der Waals surface area contributed by atoms with Crippen LogP contribution in [0, 0.1) is 0 Å². The van der Waals surface area contributed by atoms with Crippen LogP contribution < -0.4 is 30.4 Å². The summed E-state index contributed by atoms with van der Waals surface area (Å²) in [6.07, 6.45) is 2.19. The van der Waals surface area contributed by atoms with Crippen molar-refractivity contribution in [2.24, 2.45) is 10.3 Å². The Bertz CT molecular complexity index is 3750. The quantitative estimate of drug-likeness (QED) is 0.0238. The Balaban J connectivity index is 1.01. The summed E-state index contributed by atoms with van der Waals surface area (Å²) in [6.45, 7) is -0.00902. The number of para-hydroxylation sites is 2. The summed E-state index contributed by atoms with van der Waals surface area (Å²) in [5, 5.41) is 37.1. The van der Waals surface area contributed by atoms with Crippen LogP contribution in [0.5, 0.6) is 23.0 Å². The highest BCUT2D eigenvalue weighted by Crippen LogP contribution is 2.33. The molecule has 0 bridgehead atoms. The summed E-state index contributed by atoms with van der Waals surface area (Å²) in [4.78, 5) is 86.7. The number of carboxylic acid groups (broad SMARTS) is 2. The predicted molar refractivity (Wildman–Crippen MR) is 328 cm³/mol. The van der Waals surface area contributed by atoms with Gasteiger partial charge in [-0.15, -0.1) is 0 Å². The molecule has 0 aliphatic carbocycles. The molecule has 2 unspecified atom stereocenters. The molecule has 0 aromatic heterocycles. The number of nitrogens with one attached hydrogen (secondary N) is 2. The van der Waals surface area contributed by atoms with Crippen molar-refractivity contribution in [1.82, 2.24) is 20.4 Å². The minimum absolute atomic E-state index is 0.106. The molecule has 0 spiro atoms. The molecule has 8 aromatic rings. The largest absolute Gasteiger partial charge is 0.478 e. The fourth-order valence-corrected chi connectivity index (χ4v) is 10.9. The lowest BCUT2D eigenvalue weighted by Gasteiger charge is -2.32. The van der Waals surface area contributed by atoms with E-state index in [2.05, 4.69) is 10.6 Å². The highest BCUT2D eigenvalue weighted by molar-refractivity contribution is 7.89. The maximum absolute atomic E-state index is 14.9. The van der Waals surface area contributed by atoms with Crippen LogP contribution in [0.25, 0.3) is 0 Å².